The second kappa shape index (κ2) is 4.24. The van der Waals surface area contributed by atoms with E-state index in [0.717, 1.165) is 12.1 Å². The average Bonchev–Trinajstić information content (AvgIpc) is 2.07. The fourth-order valence-electron chi connectivity index (χ4n) is 1.78. The molecule has 12 heavy (non-hydrogen) atoms. The van der Waals surface area contributed by atoms with Crippen LogP contribution in [0.5, 0.6) is 0 Å². The van der Waals surface area contributed by atoms with Gasteiger partial charge in [0.15, 0.2) is 0 Å². The first-order valence-electron chi connectivity index (χ1n) is 4.53. The van der Waals surface area contributed by atoms with Gasteiger partial charge >= 0.3 is 0 Å². The highest BCUT2D eigenvalue weighted by molar-refractivity contribution is 5.96. The van der Waals surface area contributed by atoms with Crippen LogP contribution in [0.4, 0.5) is 0 Å². The zero-order valence-corrected chi connectivity index (χ0v) is 7.96. The number of rotatable bonds is 2. The highest BCUT2D eigenvalue weighted by Crippen LogP contribution is 2.24. The van der Waals surface area contributed by atoms with E-state index in [9.17, 15) is 0 Å². The second-order valence-corrected chi connectivity index (χ2v) is 3.43. The lowest BCUT2D eigenvalue weighted by Gasteiger charge is -2.21. The van der Waals surface area contributed by atoms with Gasteiger partial charge in [-0.05, 0) is 24.8 Å². The van der Waals surface area contributed by atoms with Crippen LogP contribution in [0.2, 0.25) is 0 Å². The molecule has 0 amide bonds. The highest BCUT2D eigenvalue weighted by atomic mass is 14.7. The Kier molecular flexibility index (Phi) is 3.27. The van der Waals surface area contributed by atoms with Gasteiger partial charge < -0.3 is 0 Å². The van der Waals surface area contributed by atoms with Gasteiger partial charge in [0, 0.05) is 18.7 Å². The zero-order chi connectivity index (χ0) is 8.97. The highest BCUT2D eigenvalue weighted by Gasteiger charge is 2.17. The summed E-state index contributed by atoms with van der Waals surface area (Å²) in [6.07, 6.45) is 8.77. The number of aliphatic imine (C=N–C) groups is 1. The summed E-state index contributed by atoms with van der Waals surface area (Å²) in [5.41, 5.74) is 1.16. The Morgan fingerprint density at radius 3 is 2.92 bits per heavy atom. The summed E-state index contributed by atoms with van der Waals surface area (Å²) >= 11 is 0. The van der Waals surface area contributed by atoms with Crippen molar-refractivity contribution in [1.29, 1.82) is 0 Å². The first kappa shape index (κ1) is 9.24. The van der Waals surface area contributed by atoms with Gasteiger partial charge in [0.25, 0.3) is 0 Å². The van der Waals surface area contributed by atoms with E-state index in [1.165, 1.54) is 6.42 Å². The van der Waals surface area contributed by atoms with Crippen LogP contribution in [0.1, 0.15) is 19.8 Å². The van der Waals surface area contributed by atoms with Crippen molar-refractivity contribution in [3.8, 4) is 0 Å². The van der Waals surface area contributed by atoms with E-state index in [1.807, 2.05) is 13.1 Å². The van der Waals surface area contributed by atoms with Crippen LogP contribution in [0, 0.1) is 11.8 Å². The van der Waals surface area contributed by atoms with E-state index in [2.05, 4.69) is 30.6 Å². The first-order valence-corrected chi connectivity index (χ1v) is 4.53. The van der Waals surface area contributed by atoms with E-state index in [4.69, 9.17) is 0 Å². The zero-order valence-electron chi connectivity index (χ0n) is 7.96. The van der Waals surface area contributed by atoms with Crippen LogP contribution in [0.15, 0.2) is 29.8 Å². The summed E-state index contributed by atoms with van der Waals surface area (Å²) in [6, 6.07) is 0. The van der Waals surface area contributed by atoms with Gasteiger partial charge in [-0.3, -0.25) is 4.99 Å². The topological polar surface area (TPSA) is 12.4 Å². The molecule has 1 rings (SSSR count). The van der Waals surface area contributed by atoms with Gasteiger partial charge in [0.05, 0.1) is 0 Å². The van der Waals surface area contributed by atoms with Crippen LogP contribution in [0.3, 0.4) is 0 Å². The fraction of sp³-hybridized carbons (Fsp3) is 0.545. The molecule has 0 radical (unpaired) electrons. The van der Waals surface area contributed by atoms with Crippen molar-refractivity contribution >= 4 is 5.71 Å². The van der Waals surface area contributed by atoms with E-state index in [0.29, 0.717) is 11.8 Å². The molecule has 66 valence electrons. The fourth-order valence-corrected chi connectivity index (χ4v) is 1.78. The molecule has 0 aromatic heterocycles. The van der Waals surface area contributed by atoms with Crippen molar-refractivity contribution in [1.82, 2.24) is 0 Å². The molecule has 0 saturated carbocycles. The monoisotopic (exact) mass is 163 g/mol. The third kappa shape index (κ3) is 2.07. The molecule has 0 aromatic rings. The van der Waals surface area contributed by atoms with Crippen molar-refractivity contribution in [2.75, 3.05) is 7.05 Å². The maximum Gasteiger partial charge on any atom is 0.0373 e. The lowest BCUT2D eigenvalue weighted by molar-refractivity contribution is 0.513. The summed E-state index contributed by atoms with van der Waals surface area (Å²) in [4.78, 5) is 4.23. The minimum absolute atomic E-state index is 0.604. The minimum atomic E-state index is 0.604. The molecule has 1 unspecified atom stereocenters. The molecular formula is C11H17N. The molecule has 1 nitrogen and oxygen atoms in total. The quantitative estimate of drug-likeness (QED) is 0.438. The van der Waals surface area contributed by atoms with E-state index < -0.39 is 0 Å². The lowest BCUT2D eigenvalue weighted by Crippen LogP contribution is -2.17. The summed E-state index contributed by atoms with van der Waals surface area (Å²) in [5.74, 6) is 1.30. The Labute approximate surface area is 74.9 Å². The number of hydrogen-bond acceptors (Lipinski definition) is 1. The smallest absolute Gasteiger partial charge is 0.0373 e. The van der Waals surface area contributed by atoms with Gasteiger partial charge in [-0.1, -0.05) is 25.7 Å². The molecule has 1 heteroatoms. The van der Waals surface area contributed by atoms with E-state index >= 15 is 0 Å². The standard InChI is InChI=1S/C11H17N/c1-4-11(12-3)10-7-5-6-9(2)8-10/h4-6,9-10H,1,7-8H2,2-3H3/b12-11+/t9-,10?/m1/s1. The molecule has 0 N–H and O–H groups in total. The number of nitrogens with zero attached hydrogens (tertiary/aromatic N) is 1. The predicted octanol–water partition coefficient (Wildman–Crippen LogP) is 2.85. The van der Waals surface area contributed by atoms with Gasteiger partial charge in [-0.15, -0.1) is 0 Å². The normalized spacial score (nSPS) is 30.3. The number of hydrogen-bond donors (Lipinski definition) is 0. The molecule has 0 heterocycles. The Morgan fingerprint density at radius 2 is 2.42 bits per heavy atom. The summed E-state index contributed by atoms with van der Waals surface area (Å²) in [5, 5.41) is 0. The average molecular weight is 163 g/mol. The predicted molar refractivity (Wildman–Crippen MR) is 54.6 cm³/mol. The molecule has 2 atom stereocenters. The van der Waals surface area contributed by atoms with Crippen molar-refractivity contribution in [3.05, 3.63) is 24.8 Å². The molecule has 0 spiro atoms. The SMILES string of the molecule is C=C/C(=N\C)C1CC=C[C@@H](C)C1. The van der Waals surface area contributed by atoms with Crippen LogP contribution in [0.25, 0.3) is 0 Å². The van der Waals surface area contributed by atoms with Gasteiger partial charge in [0.1, 0.15) is 0 Å². The van der Waals surface area contributed by atoms with Gasteiger partial charge in [-0.2, -0.15) is 0 Å². The molecule has 0 bridgehead atoms. The second-order valence-electron chi connectivity index (χ2n) is 3.43. The summed E-state index contributed by atoms with van der Waals surface area (Å²) in [7, 11) is 1.85. The third-order valence-corrected chi connectivity index (χ3v) is 2.43. The van der Waals surface area contributed by atoms with Crippen LogP contribution < -0.4 is 0 Å². The summed E-state index contributed by atoms with van der Waals surface area (Å²) in [6.45, 7) is 6.03. The Balaban J connectivity index is 2.65. The maximum absolute atomic E-state index is 4.23. The Morgan fingerprint density at radius 1 is 1.67 bits per heavy atom. The molecule has 1 aliphatic carbocycles. The molecule has 0 aromatic carbocycles. The van der Waals surface area contributed by atoms with Gasteiger partial charge in [0.2, 0.25) is 0 Å². The Hall–Kier alpha value is -0.850. The third-order valence-electron chi connectivity index (χ3n) is 2.43. The minimum Gasteiger partial charge on any atom is -0.293 e. The molecule has 0 fully saturated rings. The van der Waals surface area contributed by atoms with Gasteiger partial charge in [-0.25, -0.2) is 0 Å². The van der Waals surface area contributed by atoms with E-state index in [-0.39, 0.29) is 0 Å². The van der Waals surface area contributed by atoms with Crippen molar-refractivity contribution in [2.24, 2.45) is 16.8 Å². The largest absolute Gasteiger partial charge is 0.293 e. The Bertz CT molecular complexity index is 213. The first-order chi connectivity index (χ1) is 5.77. The molecule has 1 aliphatic rings. The molecule has 0 saturated heterocycles. The number of allylic oxidation sites excluding steroid dienone is 3. The molecule has 0 aliphatic heterocycles. The summed E-state index contributed by atoms with van der Waals surface area (Å²) < 4.78 is 0. The van der Waals surface area contributed by atoms with Crippen LogP contribution >= 0.6 is 0 Å². The van der Waals surface area contributed by atoms with Crippen molar-refractivity contribution < 1.29 is 0 Å². The maximum atomic E-state index is 4.23. The van der Waals surface area contributed by atoms with Crippen LogP contribution in [-0.4, -0.2) is 12.8 Å². The molecular weight excluding hydrogens is 146 g/mol. The van der Waals surface area contributed by atoms with Crippen LogP contribution in [-0.2, 0) is 0 Å². The lowest BCUT2D eigenvalue weighted by atomic mass is 9.84. The van der Waals surface area contributed by atoms with E-state index in [1.54, 1.807) is 0 Å². The van der Waals surface area contributed by atoms with Crippen molar-refractivity contribution in [2.45, 2.75) is 19.8 Å². The van der Waals surface area contributed by atoms with Crippen molar-refractivity contribution in [3.63, 3.8) is 0 Å².